The first-order chi connectivity index (χ1) is 17.5. The largest absolute Gasteiger partial charge is 0.484 e. The number of carbonyl (C=O) groups is 2. The van der Waals surface area contributed by atoms with E-state index in [-0.39, 0.29) is 23.2 Å². The Morgan fingerprint density at radius 1 is 0.694 bits per heavy atom. The number of aliphatic hydroxyl groups is 2. The van der Waals surface area contributed by atoms with Crippen LogP contribution < -0.4 is 9.47 Å². The molecular weight excluding hydrogens is 456 g/mol. The van der Waals surface area contributed by atoms with Gasteiger partial charge in [-0.1, -0.05) is 84.9 Å². The van der Waals surface area contributed by atoms with E-state index >= 15 is 0 Å². The van der Waals surface area contributed by atoms with Gasteiger partial charge in [-0.05, 0) is 29.8 Å². The molecule has 36 heavy (non-hydrogen) atoms. The third kappa shape index (κ3) is 4.40. The van der Waals surface area contributed by atoms with Crippen molar-refractivity contribution in [2.75, 3.05) is 0 Å². The standard InChI is InChI=1S/C15H12O4.C15H12O2/c16-13-11-8-4-5-9-12(11)19-15(18,14(13)17)10-6-2-1-3-7-10;16-13-10-15(11-6-2-1-3-7-11)17-14-9-5-4-8-12(13)14/h1-9,14,17-18H;1-9,15H,10H2. The molecule has 0 spiro atoms. The van der Waals surface area contributed by atoms with Gasteiger partial charge in [0, 0.05) is 5.56 Å². The summed E-state index contributed by atoms with van der Waals surface area (Å²) in [5.41, 5.74) is 2.36. The minimum absolute atomic E-state index is 0.153. The van der Waals surface area contributed by atoms with Crippen LogP contribution in [0.15, 0.2) is 109 Å². The summed E-state index contributed by atoms with van der Waals surface area (Å²) in [5.74, 6) is -1.48. The molecule has 0 fully saturated rings. The maximum absolute atomic E-state index is 12.1. The van der Waals surface area contributed by atoms with E-state index in [2.05, 4.69) is 0 Å². The molecule has 0 aromatic heterocycles. The second-order valence-electron chi connectivity index (χ2n) is 8.57. The number of Topliss-reactive ketones (excluding diaryl/α,β-unsaturated/α-hetero) is 2. The van der Waals surface area contributed by atoms with E-state index in [4.69, 9.17) is 9.47 Å². The van der Waals surface area contributed by atoms with Gasteiger partial charge in [-0.25, -0.2) is 0 Å². The summed E-state index contributed by atoms with van der Waals surface area (Å²) in [7, 11) is 0. The summed E-state index contributed by atoms with van der Waals surface area (Å²) < 4.78 is 11.3. The first-order valence-corrected chi connectivity index (χ1v) is 11.6. The molecule has 3 atom stereocenters. The van der Waals surface area contributed by atoms with Crippen LogP contribution in [0.25, 0.3) is 0 Å². The van der Waals surface area contributed by atoms with Gasteiger partial charge >= 0.3 is 0 Å². The van der Waals surface area contributed by atoms with Gasteiger partial charge in [0.05, 0.1) is 17.5 Å². The number of aliphatic hydroxyl groups excluding tert-OH is 1. The molecule has 2 heterocycles. The van der Waals surface area contributed by atoms with Crippen molar-refractivity contribution in [2.24, 2.45) is 0 Å². The number of rotatable bonds is 2. The van der Waals surface area contributed by atoms with Crippen LogP contribution in [0, 0.1) is 0 Å². The fourth-order valence-electron chi connectivity index (χ4n) is 4.33. The van der Waals surface area contributed by atoms with E-state index in [9.17, 15) is 19.8 Å². The second kappa shape index (κ2) is 9.77. The zero-order chi connectivity index (χ0) is 25.1. The Morgan fingerprint density at radius 2 is 1.25 bits per heavy atom. The number of hydrogen-bond donors (Lipinski definition) is 2. The van der Waals surface area contributed by atoms with E-state index in [1.54, 1.807) is 54.6 Å². The molecule has 2 N–H and O–H groups in total. The number of ketones is 2. The van der Waals surface area contributed by atoms with E-state index in [1.807, 2.05) is 54.6 Å². The minimum Gasteiger partial charge on any atom is -0.484 e. The first kappa shape index (κ1) is 23.5. The predicted molar refractivity (Wildman–Crippen MR) is 133 cm³/mol. The van der Waals surface area contributed by atoms with Crippen molar-refractivity contribution in [3.63, 3.8) is 0 Å². The highest BCUT2D eigenvalue weighted by molar-refractivity contribution is 6.03. The van der Waals surface area contributed by atoms with Crippen molar-refractivity contribution in [1.82, 2.24) is 0 Å². The molecule has 0 saturated carbocycles. The van der Waals surface area contributed by atoms with Crippen molar-refractivity contribution < 1.29 is 29.3 Å². The number of carbonyl (C=O) groups excluding carboxylic acids is 2. The lowest BCUT2D eigenvalue weighted by atomic mass is 9.90. The fraction of sp³-hybridized carbons (Fsp3) is 0.133. The lowest BCUT2D eigenvalue weighted by Gasteiger charge is -2.37. The molecule has 3 unspecified atom stereocenters. The summed E-state index contributed by atoms with van der Waals surface area (Å²) in [4.78, 5) is 24.1. The van der Waals surface area contributed by atoms with E-state index in [1.165, 1.54) is 0 Å². The van der Waals surface area contributed by atoms with Crippen LogP contribution in [-0.2, 0) is 5.79 Å². The summed E-state index contributed by atoms with van der Waals surface area (Å²) >= 11 is 0. The Morgan fingerprint density at radius 3 is 1.94 bits per heavy atom. The SMILES string of the molecule is O=C1CC(c2ccccc2)Oc2ccccc21.O=C1c2ccccc2OC(O)(c2ccccc2)C1O. The predicted octanol–water partition coefficient (Wildman–Crippen LogP) is 4.86. The molecule has 2 aliphatic heterocycles. The highest BCUT2D eigenvalue weighted by atomic mass is 16.6. The summed E-state index contributed by atoms with van der Waals surface area (Å²) in [6.45, 7) is 0. The molecule has 6 nitrogen and oxygen atoms in total. The van der Waals surface area contributed by atoms with Gasteiger partial charge in [0.25, 0.3) is 5.79 Å². The van der Waals surface area contributed by atoms with Crippen LogP contribution in [0.5, 0.6) is 11.5 Å². The molecule has 2 aliphatic rings. The molecule has 6 heteroatoms. The van der Waals surface area contributed by atoms with Crippen molar-refractivity contribution in [3.8, 4) is 11.5 Å². The third-order valence-corrected chi connectivity index (χ3v) is 6.22. The van der Waals surface area contributed by atoms with Crippen LogP contribution in [-0.4, -0.2) is 27.9 Å². The third-order valence-electron chi connectivity index (χ3n) is 6.22. The van der Waals surface area contributed by atoms with Crippen LogP contribution in [0.3, 0.4) is 0 Å². The van der Waals surface area contributed by atoms with Gasteiger partial charge in [0.1, 0.15) is 17.6 Å². The lowest BCUT2D eigenvalue weighted by molar-refractivity contribution is -0.203. The van der Waals surface area contributed by atoms with Gasteiger partial charge in [0.15, 0.2) is 11.9 Å². The second-order valence-corrected chi connectivity index (χ2v) is 8.57. The first-order valence-electron chi connectivity index (χ1n) is 11.6. The molecular formula is C30H24O6. The maximum atomic E-state index is 12.1. The zero-order valence-corrected chi connectivity index (χ0v) is 19.3. The van der Waals surface area contributed by atoms with Crippen LogP contribution in [0.2, 0.25) is 0 Å². The zero-order valence-electron chi connectivity index (χ0n) is 19.3. The van der Waals surface area contributed by atoms with Crippen molar-refractivity contribution in [3.05, 3.63) is 131 Å². The highest BCUT2D eigenvalue weighted by Crippen LogP contribution is 2.38. The summed E-state index contributed by atoms with van der Waals surface area (Å²) in [6, 6.07) is 32.2. The van der Waals surface area contributed by atoms with Crippen molar-refractivity contribution in [2.45, 2.75) is 24.4 Å². The van der Waals surface area contributed by atoms with Gasteiger partial charge in [0.2, 0.25) is 5.78 Å². The molecule has 4 aromatic carbocycles. The summed E-state index contributed by atoms with van der Waals surface area (Å²) in [6.07, 6.45) is -1.38. The minimum atomic E-state index is -2.05. The molecule has 180 valence electrons. The number of benzene rings is 4. The Labute approximate surface area is 208 Å². The molecule has 0 amide bonds. The number of para-hydroxylation sites is 2. The van der Waals surface area contributed by atoms with Gasteiger partial charge in [-0.3, -0.25) is 9.59 Å². The molecule has 0 radical (unpaired) electrons. The van der Waals surface area contributed by atoms with Gasteiger partial charge in [-0.15, -0.1) is 0 Å². The highest BCUT2D eigenvalue weighted by Gasteiger charge is 2.49. The van der Waals surface area contributed by atoms with Gasteiger partial charge in [-0.2, -0.15) is 0 Å². The Kier molecular flexibility index (Phi) is 6.38. The van der Waals surface area contributed by atoms with Crippen molar-refractivity contribution in [1.29, 1.82) is 0 Å². The Balaban J connectivity index is 0.000000149. The molecule has 0 bridgehead atoms. The average molecular weight is 481 g/mol. The molecule has 6 rings (SSSR count). The topological polar surface area (TPSA) is 93.1 Å². The van der Waals surface area contributed by atoms with Crippen LogP contribution >= 0.6 is 0 Å². The Bertz CT molecular complexity index is 1380. The van der Waals surface area contributed by atoms with E-state index in [0.29, 0.717) is 23.3 Å². The number of hydrogen-bond acceptors (Lipinski definition) is 6. The lowest BCUT2D eigenvalue weighted by Crippen LogP contribution is -2.52. The van der Waals surface area contributed by atoms with Gasteiger partial charge < -0.3 is 19.7 Å². The average Bonchev–Trinajstić information content (AvgIpc) is 2.93. The van der Waals surface area contributed by atoms with E-state index < -0.39 is 17.7 Å². The van der Waals surface area contributed by atoms with E-state index in [0.717, 1.165) is 5.56 Å². The molecule has 4 aromatic rings. The molecule has 0 saturated heterocycles. The fourth-order valence-corrected chi connectivity index (χ4v) is 4.33. The number of ether oxygens (including phenoxy) is 2. The normalized spacial score (nSPS) is 22.2. The Hall–Kier alpha value is -4.26. The summed E-state index contributed by atoms with van der Waals surface area (Å²) in [5, 5.41) is 20.6. The van der Waals surface area contributed by atoms with Crippen LogP contribution in [0.4, 0.5) is 0 Å². The monoisotopic (exact) mass is 480 g/mol. The maximum Gasteiger partial charge on any atom is 0.268 e. The quantitative estimate of drug-likeness (QED) is 0.426. The smallest absolute Gasteiger partial charge is 0.268 e. The molecule has 0 aliphatic carbocycles. The van der Waals surface area contributed by atoms with Crippen molar-refractivity contribution >= 4 is 11.6 Å². The number of fused-ring (bicyclic) bond motifs is 2. The van der Waals surface area contributed by atoms with Crippen LogP contribution in [0.1, 0.15) is 44.4 Å².